The zero-order chi connectivity index (χ0) is 24.0. The minimum absolute atomic E-state index is 0.0223. The molecule has 34 heavy (non-hydrogen) atoms. The summed E-state index contributed by atoms with van der Waals surface area (Å²) in [7, 11) is 1.61. The number of aliphatic hydroxyl groups excluding tert-OH is 1. The number of nitrogens with zero attached hydrogens (tertiary/aromatic N) is 3. The Morgan fingerprint density at radius 3 is 2.74 bits per heavy atom. The van der Waals surface area contributed by atoms with Gasteiger partial charge in [0, 0.05) is 37.5 Å². The van der Waals surface area contributed by atoms with E-state index in [1.807, 2.05) is 44.2 Å². The van der Waals surface area contributed by atoms with E-state index in [4.69, 9.17) is 4.74 Å². The second kappa shape index (κ2) is 8.46. The number of likely N-dealkylation sites (tertiary alicyclic amines) is 1. The van der Waals surface area contributed by atoms with Crippen LogP contribution in [0.1, 0.15) is 39.6 Å². The van der Waals surface area contributed by atoms with E-state index in [2.05, 4.69) is 10.4 Å². The lowest BCUT2D eigenvalue weighted by Gasteiger charge is -2.20. The van der Waals surface area contributed by atoms with Gasteiger partial charge in [-0.05, 0) is 60.9 Å². The first-order chi connectivity index (χ1) is 16.4. The van der Waals surface area contributed by atoms with Gasteiger partial charge in [0.1, 0.15) is 11.3 Å². The molecule has 1 aliphatic heterocycles. The summed E-state index contributed by atoms with van der Waals surface area (Å²) >= 11 is 0. The Kier molecular flexibility index (Phi) is 5.45. The number of β-amino-alcohol motifs (C(OH)–C–C–N with tert-alkyl or cyclic N) is 1. The van der Waals surface area contributed by atoms with Crippen LogP contribution in [-0.2, 0) is 0 Å². The van der Waals surface area contributed by atoms with E-state index in [1.165, 1.54) is 0 Å². The Labute approximate surface area is 196 Å². The van der Waals surface area contributed by atoms with Crippen LogP contribution < -0.4 is 10.1 Å². The zero-order valence-electron chi connectivity index (χ0n) is 19.3. The number of nitrogens with one attached hydrogen (secondary N) is 1. The van der Waals surface area contributed by atoms with Crippen LogP contribution in [0.4, 0.5) is 0 Å². The molecule has 0 aliphatic carbocycles. The number of aliphatic hydroxyl groups is 1. The highest BCUT2D eigenvalue weighted by Gasteiger charge is 2.33. The first-order valence-electron chi connectivity index (χ1n) is 11.3. The lowest BCUT2D eigenvalue weighted by molar-refractivity contribution is 0.0725. The smallest absolute Gasteiger partial charge is 0.256 e. The van der Waals surface area contributed by atoms with Crippen molar-refractivity contribution >= 4 is 28.1 Å². The van der Waals surface area contributed by atoms with Gasteiger partial charge < -0.3 is 20.1 Å². The van der Waals surface area contributed by atoms with Crippen molar-refractivity contribution in [1.29, 1.82) is 0 Å². The summed E-state index contributed by atoms with van der Waals surface area (Å²) in [5.41, 5.74) is 2.62. The quantitative estimate of drug-likeness (QED) is 0.488. The fourth-order valence-electron chi connectivity index (χ4n) is 4.75. The molecule has 3 heterocycles. The van der Waals surface area contributed by atoms with E-state index in [0.717, 1.165) is 16.3 Å². The van der Waals surface area contributed by atoms with Gasteiger partial charge in [0.2, 0.25) is 0 Å². The number of hydrogen-bond acceptors (Lipinski definition) is 5. The number of ether oxygens (including phenoxy) is 1. The molecule has 2 aromatic carbocycles. The molecule has 2 aromatic heterocycles. The molecule has 0 saturated carbocycles. The van der Waals surface area contributed by atoms with Gasteiger partial charge in [-0.2, -0.15) is 5.10 Å². The number of carbonyl (C=O) groups is 2. The Morgan fingerprint density at radius 1 is 1.18 bits per heavy atom. The summed E-state index contributed by atoms with van der Waals surface area (Å²) in [4.78, 5) is 27.1. The highest BCUT2D eigenvalue weighted by atomic mass is 16.5. The molecule has 8 nitrogen and oxygen atoms in total. The number of benzene rings is 2. The maximum Gasteiger partial charge on any atom is 0.256 e. The second-order valence-electron chi connectivity index (χ2n) is 8.72. The van der Waals surface area contributed by atoms with Crippen molar-refractivity contribution in [1.82, 2.24) is 19.8 Å². The van der Waals surface area contributed by atoms with Gasteiger partial charge in [-0.3, -0.25) is 9.59 Å². The molecule has 2 N–H and O–H groups in total. The molecule has 174 valence electrons. The molecule has 0 radical (unpaired) electrons. The summed E-state index contributed by atoms with van der Waals surface area (Å²) in [5.74, 6) is 0.920. The fourth-order valence-corrected chi connectivity index (χ4v) is 4.75. The van der Waals surface area contributed by atoms with E-state index in [1.54, 1.807) is 41.0 Å². The molecule has 0 spiro atoms. The zero-order valence-corrected chi connectivity index (χ0v) is 19.3. The molecule has 2 atom stereocenters. The van der Waals surface area contributed by atoms with E-state index < -0.39 is 6.10 Å². The second-order valence-corrected chi connectivity index (χ2v) is 8.72. The molecular weight excluding hydrogens is 432 g/mol. The lowest BCUT2D eigenvalue weighted by Crippen LogP contribution is -2.34. The van der Waals surface area contributed by atoms with Gasteiger partial charge in [0.15, 0.2) is 5.75 Å². The first-order valence-corrected chi connectivity index (χ1v) is 11.3. The highest BCUT2D eigenvalue weighted by Crippen LogP contribution is 2.33. The van der Waals surface area contributed by atoms with E-state index in [0.29, 0.717) is 41.1 Å². The van der Waals surface area contributed by atoms with Crippen LogP contribution in [0, 0.1) is 6.92 Å². The van der Waals surface area contributed by atoms with Crippen molar-refractivity contribution in [3.8, 4) is 11.5 Å². The molecule has 2 amide bonds. The Balaban J connectivity index is 1.51. The van der Waals surface area contributed by atoms with Gasteiger partial charge in [0.25, 0.3) is 11.8 Å². The predicted molar refractivity (Wildman–Crippen MR) is 128 cm³/mol. The lowest BCUT2D eigenvalue weighted by atomic mass is 10.0. The topological polar surface area (TPSA) is 96.2 Å². The Bertz CT molecular complexity index is 1430. The summed E-state index contributed by atoms with van der Waals surface area (Å²) in [6.07, 6.45) is 3.43. The normalized spacial score (nSPS) is 17.9. The molecule has 8 heteroatoms. The molecule has 1 saturated heterocycles. The SMILES string of the molecule is CNC(=O)c1cccc2cc(Oc3ccnn4cc(C(=O)N5C[C@H](O)C[C@@H]5C)c(C)c34)ccc12. The van der Waals surface area contributed by atoms with Crippen LogP contribution >= 0.6 is 0 Å². The number of aromatic nitrogens is 2. The Morgan fingerprint density at radius 2 is 2.00 bits per heavy atom. The number of aryl methyl sites for hydroxylation is 1. The standard InChI is InChI=1S/C26H26N4O4/c1-15-11-18(31)13-29(15)26(33)22-14-30-24(16(22)2)23(9-10-28-30)34-19-7-8-20-17(12-19)5-4-6-21(20)25(32)27-3/h4-10,12,14-15,18,31H,11,13H2,1-3H3,(H,27,32)/t15-,18+/m0/s1. The van der Waals surface area contributed by atoms with Crippen molar-refractivity contribution in [2.45, 2.75) is 32.4 Å². The van der Waals surface area contributed by atoms with Crippen LogP contribution in [0.25, 0.3) is 16.3 Å². The van der Waals surface area contributed by atoms with Crippen LogP contribution in [0.3, 0.4) is 0 Å². The average Bonchev–Trinajstić information content (AvgIpc) is 3.36. The minimum Gasteiger partial charge on any atom is -0.455 e. The molecular formula is C26H26N4O4. The summed E-state index contributed by atoms with van der Waals surface area (Å²) in [5, 5.41) is 18.7. The number of hydrogen-bond donors (Lipinski definition) is 2. The third-order valence-corrected chi connectivity index (χ3v) is 6.49. The third-order valence-electron chi connectivity index (χ3n) is 6.49. The first kappa shape index (κ1) is 21.9. The molecule has 1 fully saturated rings. The van der Waals surface area contributed by atoms with Crippen LogP contribution in [0.15, 0.2) is 54.9 Å². The monoisotopic (exact) mass is 458 g/mol. The summed E-state index contributed by atoms with van der Waals surface area (Å²) < 4.78 is 7.89. The fraction of sp³-hybridized carbons (Fsp3) is 0.269. The van der Waals surface area contributed by atoms with Gasteiger partial charge in [-0.25, -0.2) is 4.52 Å². The molecule has 5 rings (SSSR count). The molecule has 0 unspecified atom stereocenters. The van der Waals surface area contributed by atoms with E-state index in [-0.39, 0.29) is 17.9 Å². The summed E-state index contributed by atoms with van der Waals surface area (Å²) in [6.45, 7) is 4.16. The van der Waals surface area contributed by atoms with Gasteiger partial charge >= 0.3 is 0 Å². The third kappa shape index (κ3) is 3.66. The van der Waals surface area contributed by atoms with Crippen molar-refractivity contribution in [3.63, 3.8) is 0 Å². The maximum atomic E-state index is 13.2. The number of rotatable bonds is 4. The predicted octanol–water partition coefficient (Wildman–Crippen LogP) is 3.54. The van der Waals surface area contributed by atoms with Crippen LogP contribution in [0.5, 0.6) is 11.5 Å². The molecule has 0 bridgehead atoms. The Hall–Kier alpha value is -3.91. The van der Waals surface area contributed by atoms with E-state index >= 15 is 0 Å². The molecule has 1 aliphatic rings. The minimum atomic E-state index is -0.495. The van der Waals surface area contributed by atoms with E-state index in [9.17, 15) is 14.7 Å². The largest absolute Gasteiger partial charge is 0.455 e. The van der Waals surface area contributed by atoms with Crippen LogP contribution in [0.2, 0.25) is 0 Å². The summed E-state index contributed by atoms with van der Waals surface area (Å²) in [6, 6.07) is 12.9. The van der Waals surface area contributed by atoms with Gasteiger partial charge in [-0.1, -0.05) is 12.1 Å². The van der Waals surface area contributed by atoms with Crippen LogP contribution in [-0.4, -0.2) is 57.2 Å². The highest BCUT2D eigenvalue weighted by molar-refractivity contribution is 6.07. The van der Waals surface area contributed by atoms with Crippen molar-refractivity contribution in [2.75, 3.05) is 13.6 Å². The number of carbonyl (C=O) groups excluding carboxylic acids is 2. The van der Waals surface area contributed by atoms with Crippen molar-refractivity contribution in [3.05, 3.63) is 71.5 Å². The maximum absolute atomic E-state index is 13.2. The van der Waals surface area contributed by atoms with Gasteiger partial charge in [0.05, 0.1) is 17.9 Å². The van der Waals surface area contributed by atoms with Crippen molar-refractivity contribution in [2.24, 2.45) is 0 Å². The van der Waals surface area contributed by atoms with Gasteiger partial charge in [-0.15, -0.1) is 0 Å². The number of fused-ring (bicyclic) bond motifs is 2. The average molecular weight is 459 g/mol. The van der Waals surface area contributed by atoms with Crippen molar-refractivity contribution < 1.29 is 19.4 Å². The number of amides is 2. The molecule has 4 aromatic rings.